The van der Waals surface area contributed by atoms with Crippen molar-refractivity contribution in [2.75, 3.05) is 0 Å². The van der Waals surface area contributed by atoms with Crippen LogP contribution in [0.15, 0.2) is 17.5 Å². The molecule has 0 radical (unpaired) electrons. The number of aryl methyl sites for hydroxylation is 3. The van der Waals surface area contributed by atoms with Crippen molar-refractivity contribution in [2.45, 2.75) is 26.4 Å². The van der Waals surface area contributed by atoms with Gasteiger partial charge in [-0.2, -0.15) is 5.10 Å². The number of aliphatic hydroxyl groups excluding tert-OH is 1. The first-order valence-electron chi connectivity index (χ1n) is 5.37. The van der Waals surface area contributed by atoms with Gasteiger partial charge in [-0.15, -0.1) is 11.3 Å². The van der Waals surface area contributed by atoms with E-state index in [1.54, 1.807) is 16.0 Å². The van der Waals surface area contributed by atoms with E-state index in [0.717, 1.165) is 23.4 Å². The summed E-state index contributed by atoms with van der Waals surface area (Å²) in [5.41, 5.74) is 2.83. The molecule has 0 saturated heterocycles. The van der Waals surface area contributed by atoms with E-state index in [2.05, 4.69) is 12.0 Å². The average molecular weight is 236 g/mol. The minimum atomic E-state index is -0.567. The summed E-state index contributed by atoms with van der Waals surface area (Å²) in [6.07, 6.45) is 0.325. The van der Waals surface area contributed by atoms with Crippen LogP contribution in [-0.4, -0.2) is 14.9 Å². The molecule has 0 spiro atoms. The molecule has 3 nitrogen and oxygen atoms in total. The Labute approximate surface area is 99.4 Å². The summed E-state index contributed by atoms with van der Waals surface area (Å²) < 4.78 is 1.76. The Hall–Kier alpha value is -1.13. The third-order valence-electron chi connectivity index (χ3n) is 2.68. The van der Waals surface area contributed by atoms with E-state index in [1.807, 2.05) is 31.5 Å². The lowest BCUT2D eigenvalue weighted by atomic mass is 10.1. The molecule has 0 amide bonds. The number of thiophene rings is 1. The molecule has 1 N–H and O–H groups in total. The lowest BCUT2D eigenvalue weighted by molar-refractivity contribution is 0.210. The molecule has 2 rings (SSSR count). The fourth-order valence-corrected chi connectivity index (χ4v) is 2.47. The molecule has 16 heavy (non-hydrogen) atoms. The van der Waals surface area contributed by atoms with Crippen LogP contribution in [0.3, 0.4) is 0 Å². The van der Waals surface area contributed by atoms with Gasteiger partial charge < -0.3 is 5.11 Å². The highest BCUT2D eigenvalue weighted by Gasteiger charge is 2.16. The molecular formula is C12H16N2OS. The maximum atomic E-state index is 10.2. The first-order chi connectivity index (χ1) is 7.61. The third kappa shape index (κ3) is 2.03. The summed E-state index contributed by atoms with van der Waals surface area (Å²) in [6.45, 7) is 4.11. The Morgan fingerprint density at radius 1 is 1.50 bits per heavy atom. The van der Waals surface area contributed by atoms with Crippen LogP contribution in [0.4, 0.5) is 0 Å². The smallest absolute Gasteiger partial charge is 0.121 e. The second-order valence-corrected chi connectivity index (χ2v) is 5.05. The van der Waals surface area contributed by atoms with E-state index < -0.39 is 6.10 Å². The van der Waals surface area contributed by atoms with E-state index >= 15 is 0 Å². The fourth-order valence-electron chi connectivity index (χ4n) is 1.75. The molecule has 0 saturated carbocycles. The highest BCUT2D eigenvalue weighted by Crippen LogP contribution is 2.26. The maximum absolute atomic E-state index is 10.2. The van der Waals surface area contributed by atoms with Gasteiger partial charge in [0.2, 0.25) is 0 Å². The van der Waals surface area contributed by atoms with Gasteiger partial charge in [-0.1, -0.05) is 6.92 Å². The van der Waals surface area contributed by atoms with Crippen LogP contribution in [0.1, 0.15) is 34.9 Å². The quantitative estimate of drug-likeness (QED) is 0.889. The third-order valence-corrected chi connectivity index (χ3v) is 3.56. The Morgan fingerprint density at radius 2 is 2.25 bits per heavy atom. The number of aliphatic hydroxyl groups is 1. The fraction of sp³-hybridized carbons (Fsp3) is 0.417. The lowest BCUT2D eigenvalue weighted by Crippen LogP contribution is -2.05. The van der Waals surface area contributed by atoms with E-state index in [4.69, 9.17) is 0 Å². The van der Waals surface area contributed by atoms with Crippen molar-refractivity contribution in [2.24, 2.45) is 7.05 Å². The summed E-state index contributed by atoms with van der Waals surface area (Å²) in [4.78, 5) is 1.21. The SMILES string of the molecule is CCc1cc(C(O)c2csc(C)c2)n(C)n1. The van der Waals surface area contributed by atoms with Crippen LogP contribution in [0.5, 0.6) is 0 Å². The highest BCUT2D eigenvalue weighted by molar-refractivity contribution is 7.10. The molecule has 0 aliphatic heterocycles. The van der Waals surface area contributed by atoms with Gasteiger partial charge >= 0.3 is 0 Å². The second kappa shape index (κ2) is 4.39. The van der Waals surface area contributed by atoms with Gasteiger partial charge in [0, 0.05) is 11.9 Å². The molecule has 0 fully saturated rings. The zero-order chi connectivity index (χ0) is 11.7. The molecule has 2 aromatic rings. The Morgan fingerprint density at radius 3 is 2.75 bits per heavy atom. The van der Waals surface area contributed by atoms with Crippen molar-refractivity contribution in [3.8, 4) is 0 Å². The molecule has 4 heteroatoms. The molecule has 2 heterocycles. The number of hydrogen-bond donors (Lipinski definition) is 1. The van der Waals surface area contributed by atoms with E-state index in [1.165, 1.54) is 4.88 Å². The van der Waals surface area contributed by atoms with Gasteiger partial charge in [0.1, 0.15) is 6.10 Å². The Balaban J connectivity index is 2.33. The molecule has 1 unspecified atom stereocenters. The highest BCUT2D eigenvalue weighted by atomic mass is 32.1. The average Bonchev–Trinajstić information content (AvgIpc) is 2.83. The summed E-state index contributed by atoms with van der Waals surface area (Å²) in [5, 5.41) is 16.6. The Bertz CT molecular complexity index is 487. The van der Waals surface area contributed by atoms with Crippen molar-refractivity contribution in [1.29, 1.82) is 0 Å². The maximum Gasteiger partial charge on any atom is 0.121 e. The molecule has 2 aromatic heterocycles. The number of rotatable bonds is 3. The van der Waals surface area contributed by atoms with E-state index in [-0.39, 0.29) is 0 Å². The second-order valence-electron chi connectivity index (χ2n) is 3.93. The molecule has 1 atom stereocenters. The largest absolute Gasteiger partial charge is 0.382 e. The number of nitrogens with zero attached hydrogens (tertiary/aromatic N) is 2. The van der Waals surface area contributed by atoms with Crippen LogP contribution in [-0.2, 0) is 13.5 Å². The normalized spacial score (nSPS) is 13.0. The zero-order valence-corrected chi connectivity index (χ0v) is 10.6. The van der Waals surface area contributed by atoms with Crippen LogP contribution in [0.2, 0.25) is 0 Å². The van der Waals surface area contributed by atoms with Crippen molar-refractivity contribution < 1.29 is 5.11 Å². The number of aromatic nitrogens is 2. The summed E-state index contributed by atoms with van der Waals surface area (Å²) in [5.74, 6) is 0. The van der Waals surface area contributed by atoms with Gasteiger partial charge in [-0.3, -0.25) is 4.68 Å². The van der Waals surface area contributed by atoms with E-state index in [9.17, 15) is 5.11 Å². The van der Waals surface area contributed by atoms with Crippen molar-refractivity contribution in [1.82, 2.24) is 9.78 Å². The lowest BCUT2D eigenvalue weighted by Gasteiger charge is -2.08. The first kappa shape index (κ1) is 11.4. The van der Waals surface area contributed by atoms with Gasteiger partial charge in [0.25, 0.3) is 0 Å². The van der Waals surface area contributed by atoms with Crippen LogP contribution < -0.4 is 0 Å². The Kier molecular flexibility index (Phi) is 3.12. The molecule has 0 bridgehead atoms. The number of hydrogen-bond acceptors (Lipinski definition) is 3. The summed E-state index contributed by atoms with van der Waals surface area (Å²) >= 11 is 1.66. The zero-order valence-electron chi connectivity index (χ0n) is 9.77. The molecule has 86 valence electrons. The monoisotopic (exact) mass is 236 g/mol. The molecule has 0 aromatic carbocycles. The van der Waals surface area contributed by atoms with E-state index in [0.29, 0.717) is 0 Å². The van der Waals surface area contributed by atoms with Crippen LogP contribution >= 0.6 is 11.3 Å². The van der Waals surface area contributed by atoms with Crippen molar-refractivity contribution in [3.05, 3.63) is 39.3 Å². The minimum absolute atomic E-state index is 0.567. The van der Waals surface area contributed by atoms with Crippen LogP contribution in [0.25, 0.3) is 0 Å². The standard InChI is InChI=1S/C12H16N2OS/c1-4-10-6-11(14(3)13-10)12(15)9-5-8(2)16-7-9/h5-7,12,15H,4H2,1-3H3. The van der Waals surface area contributed by atoms with Gasteiger partial charge in [-0.25, -0.2) is 0 Å². The molecule has 0 aliphatic rings. The predicted octanol–water partition coefficient (Wildman–Crippen LogP) is 2.43. The topological polar surface area (TPSA) is 38.0 Å². The summed E-state index contributed by atoms with van der Waals surface area (Å²) in [7, 11) is 1.87. The summed E-state index contributed by atoms with van der Waals surface area (Å²) in [6, 6.07) is 3.99. The minimum Gasteiger partial charge on any atom is -0.382 e. The molecular weight excluding hydrogens is 220 g/mol. The predicted molar refractivity (Wildman–Crippen MR) is 65.7 cm³/mol. The van der Waals surface area contributed by atoms with Crippen LogP contribution in [0, 0.1) is 6.92 Å². The van der Waals surface area contributed by atoms with Gasteiger partial charge in [0.15, 0.2) is 0 Å². The van der Waals surface area contributed by atoms with Gasteiger partial charge in [0.05, 0.1) is 11.4 Å². The van der Waals surface area contributed by atoms with Crippen molar-refractivity contribution in [3.63, 3.8) is 0 Å². The first-order valence-corrected chi connectivity index (χ1v) is 6.25. The van der Waals surface area contributed by atoms with Gasteiger partial charge in [-0.05, 0) is 36.4 Å². The molecule has 0 aliphatic carbocycles. The van der Waals surface area contributed by atoms with Crippen molar-refractivity contribution >= 4 is 11.3 Å².